The van der Waals surface area contributed by atoms with E-state index >= 15 is 0 Å². The van der Waals surface area contributed by atoms with Gasteiger partial charge in [0.1, 0.15) is 23.9 Å². The van der Waals surface area contributed by atoms with E-state index in [0.29, 0.717) is 19.6 Å². The maximum atomic E-state index is 12.4. The summed E-state index contributed by atoms with van der Waals surface area (Å²) in [4.78, 5) is 19.3. The number of carbonyl (C=O) groups is 1. The van der Waals surface area contributed by atoms with Gasteiger partial charge in [-0.05, 0) is 37.1 Å². The number of hydrogen-bond acceptors (Lipinski definition) is 4. The zero-order chi connectivity index (χ0) is 20.2. The Morgan fingerprint density at radius 1 is 1.17 bits per heavy atom. The molecule has 0 bridgehead atoms. The number of rotatable bonds is 7. The van der Waals surface area contributed by atoms with Gasteiger partial charge in [-0.15, -0.1) is 0 Å². The first kappa shape index (κ1) is 19.3. The Bertz CT molecular complexity index is 998. The molecule has 1 aliphatic rings. The zero-order valence-corrected chi connectivity index (χ0v) is 17.0. The van der Waals surface area contributed by atoms with Gasteiger partial charge in [-0.1, -0.05) is 25.1 Å². The maximum absolute atomic E-state index is 12.4. The quantitative estimate of drug-likeness (QED) is 0.604. The zero-order valence-electron chi connectivity index (χ0n) is 17.0. The fourth-order valence-electron chi connectivity index (χ4n) is 4.07. The van der Waals surface area contributed by atoms with E-state index in [1.165, 1.54) is 0 Å². The number of nitrogens with zero attached hydrogens (tertiary/aromatic N) is 3. The third-order valence-electron chi connectivity index (χ3n) is 5.48. The van der Waals surface area contributed by atoms with E-state index in [0.717, 1.165) is 47.7 Å². The standard InChI is InChI=1S/C23H27N3O3/c1-3-22(27)25-13-7-12-21(25)23-24-19-10-4-5-11-20(19)26(23)14-15-29-18-9-6-8-17(16-18)28-2/h4-6,8-11,16,21H,3,7,12-15H2,1-2H3. The minimum absolute atomic E-state index is 0.0340. The van der Waals surface area contributed by atoms with E-state index in [-0.39, 0.29) is 11.9 Å². The molecule has 2 heterocycles. The number of para-hydroxylation sites is 2. The first-order valence-electron chi connectivity index (χ1n) is 10.2. The number of amides is 1. The second-order valence-electron chi connectivity index (χ2n) is 7.24. The van der Waals surface area contributed by atoms with Crippen molar-refractivity contribution in [3.63, 3.8) is 0 Å². The second-order valence-corrected chi connectivity index (χ2v) is 7.24. The molecular weight excluding hydrogens is 366 g/mol. The Hall–Kier alpha value is -3.02. The molecule has 4 rings (SSSR count). The molecule has 0 radical (unpaired) electrons. The molecule has 1 aromatic heterocycles. The molecule has 29 heavy (non-hydrogen) atoms. The smallest absolute Gasteiger partial charge is 0.222 e. The number of likely N-dealkylation sites (tertiary alicyclic amines) is 1. The van der Waals surface area contributed by atoms with E-state index in [1.54, 1.807) is 7.11 Å². The number of fused-ring (bicyclic) bond motifs is 1. The highest BCUT2D eigenvalue weighted by atomic mass is 16.5. The van der Waals surface area contributed by atoms with Crippen LogP contribution in [-0.4, -0.2) is 40.6 Å². The van der Waals surface area contributed by atoms with Crippen LogP contribution < -0.4 is 9.47 Å². The summed E-state index contributed by atoms with van der Waals surface area (Å²) in [7, 11) is 1.65. The van der Waals surface area contributed by atoms with Gasteiger partial charge in [0.15, 0.2) is 0 Å². The van der Waals surface area contributed by atoms with E-state index in [2.05, 4.69) is 10.6 Å². The summed E-state index contributed by atoms with van der Waals surface area (Å²) in [5.41, 5.74) is 2.03. The Morgan fingerprint density at radius 3 is 2.83 bits per heavy atom. The molecule has 0 saturated carbocycles. The number of ether oxygens (including phenoxy) is 2. The summed E-state index contributed by atoms with van der Waals surface area (Å²) < 4.78 is 13.4. The lowest BCUT2D eigenvalue weighted by Gasteiger charge is -2.25. The van der Waals surface area contributed by atoms with E-state index < -0.39 is 0 Å². The van der Waals surface area contributed by atoms with Crippen molar-refractivity contribution in [1.82, 2.24) is 14.5 Å². The van der Waals surface area contributed by atoms with Gasteiger partial charge in [-0.25, -0.2) is 4.98 Å². The van der Waals surface area contributed by atoms with Crippen LogP contribution in [0.15, 0.2) is 48.5 Å². The Morgan fingerprint density at radius 2 is 2.00 bits per heavy atom. The first-order valence-corrected chi connectivity index (χ1v) is 10.2. The Balaban J connectivity index is 1.59. The summed E-state index contributed by atoms with van der Waals surface area (Å²) in [6, 6.07) is 15.8. The van der Waals surface area contributed by atoms with Crippen LogP contribution in [0.2, 0.25) is 0 Å². The fraction of sp³-hybridized carbons (Fsp3) is 0.391. The molecule has 6 heteroatoms. The lowest BCUT2D eigenvalue weighted by atomic mass is 10.2. The molecule has 1 atom stereocenters. The van der Waals surface area contributed by atoms with Crippen molar-refractivity contribution >= 4 is 16.9 Å². The molecule has 6 nitrogen and oxygen atoms in total. The summed E-state index contributed by atoms with van der Waals surface area (Å²) in [5, 5.41) is 0. The summed E-state index contributed by atoms with van der Waals surface area (Å²) in [6.45, 7) is 3.90. The van der Waals surface area contributed by atoms with E-state index in [1.807, 2.05) is 54.3 Å². The van der Waals surface area contributed by atoms with Crippen LogP contribution in [0.4, 0.5) is 0 Å². The number of benzene rings is 2. The molecule has 1 unspecified atom stereocenters. The van der Waals surface area contributed by atoms with Crippen LogP contribution in [-0.2, 0) is 11.3 Å². The molecule has 1 fully saturated rings. The highest BCUT2D eigenvalue weighted by Gasteiger charge is 2.32. The number of methoxy groups -OCH3 is 1. The SMILES string of the molecule is CCC(=O)N1CCCC1c1nc2ccccc2n1CCOc1cccc(OC)c1. The molecule has 2 aromatic carbocycles. The van der Waals surface area contributed by atoms with E-state index in [9.17, 15) is 4.79 Å². The molecular formula is C23H27N3O3. The predicted molar refractivity (Wildman–Crippen MR) is 112 cm³/mol. The monoisotopic (exact) mass is 393 g/mol. The van der Waals surface area contributed by atoms with Crippen molar-refractivity contribution in [2.45, 2.75) is 38.8 Å². The summed E-state index contributed by atoms with van der Waals surface area (Å²) in [5.74, 6) is 2.70. The van der Waals surface area contributed by atoms with Crippen molar-refractivity contribution in [2.24, 2.45) is 0 Å². The van der Waals surface area contributed by atoms with Gasteiger partial charge < -0.3 is 18.9 Å². The summed E-state index contributed by atoms with van der Waals surface area (Å²) >= 11 is 0. The molecule has 3 aromatic rings. The molecule has 1 saturated heterocycles. The average molecular weight is 393 g/mol. The Kier molecular flexibility index (Phi) is 5.69. The minimum atomic E-state index is 0.0340. The average Bonchev–Trinajstić information content (AvgIpc) is 3.38. The van der Waals surface area contributed by atoms with Crippen molar-refractivity contribution < 1.29 is 14.3 Å². The second kappa shape index (κ2) is 8.55. The highest BCUT2D eigenvalue weighted by Crippen LogP contribution is 2.34. The van der Waals surface area contributed by atoms with Gasteiger partial charge >= 0.3 is 0 Å². The number of imidazole rings is 1. The topological polar surface area (TPSA) is 56.6 Å². The molecule has 1 amide bonds. The largest absolute Gasteiger partial charge is 0.497 e. The van der Waals surface area contributed by atoms with Crippen LogP contribution in [0.25, 0.3) is 11.0 Å². The molecule has 0 N–H and O–H groups in total. The van der Waals surface area contributed by atoms with Gasteiger partial charge in [0.05, 0.1) is 30.7 Å². The van der Waals surface area contributed by atoms with Gasteiger partial charge in [0, 0.05) is 19.0 Å². The lowest BCUT2D eigenvalue weighted by Crippen LogP contribution is -2.31. The van der Waals surface area contributed by atoms with Crippen molar-refractivity contribution in [3.05, 3.63) is 54.4 Å². The van der Waals surface area contributed by atoms with E-state index in [4.69, 9.17) is 14.5 Å². The number of aromatic nitrogens is 2. The Labute approximate surface area is 171 Å². The molecule has 1 aliphatic heterocycles. The van der Waals surface area contributed by atoms with Crippen molar-refractivity contribution in [2.75, 3.05) is 20.3 Å². The summed E-state index contributed by atoms with van der Waals surface area (Å²) in [6.07, 6.45) is 2.49. The van der Waals surface area contributed by atoms with Gasteiger partial charge in [0.25, 0.3) is 0 Å². The van der Waals surface area contributed by atoms with Crippen LogP contribution in [0.1, 0.15) is 38.1 Å². The third kappa shape index (κ3) is 3.92. The third-order valence-corrected chi connectivity index (χ3v) is 5.48. The normalized spacial score (nSPS) is 16.3. The number of hydrogen-bond donors (Lipinski definition) is 0. The van der Waals surface area contributed by atoms with Crippen molar-refractivity contribution in [3.8, 4) is 11.5 Å². The predicted octanol–water partition coefficient (Wildman–Crippen LogP) is 4.20. The van der Waals surface area contributed by atoms with Gasteiger partial charge in [-0.3, -0.25) is 4.79 Å². The lowest BCUT2D eigenvalue weighted by molar-refractivity contribution is -0.131. The van der Waals surface area contributed by atoms with Crippen LogP contribution in [0, 0.1) is 0 Å². The van der Waals surface area contributed by atoms with Crippen LogP contribution in [0.3, 0.4) is 0 Å². The molecule has 0 aliphatic carbocycles. The highest BCUT2D eigenvalue weighted by molar-refractivity contribution is 5.78. The maximum Gasteiger partial charge on any atom is 0.222 e. The van der Waals surface area contributed by atoms with Crippen LogP contribution >= 0.6 is 0 Å². The molecule has 0 spiro atoms. The van der Waals surface area contributed by atoms with Crippen LogP contribution in [0.5, 0.6) is 11.5 Å². The van der Waals surface area contributed by atoms with Gasteiger partial charge in [0.2, 0.25) is 5.91 Å². The number of carbonyl (C=O) groups excluding carboxylic acids is 1. The fourth-order valence-corrected chi connectivity index (χ4v) is 4.07. The van der Waals surface area contributed by atoms with Gasteiger partial charge in [-0.2, -0.15) is 0 Å². The molecule has 152 valence electrons. The first-order chi connectivity index (χ1) is 14.2. The van der Waals surface area contributed by atoms with Crippen molar-refractivity contribution in [1.29, 1.82) is 0 Å². The minimum Gasteiger partial charge on any atom is -0.497 e.